The van der Waals surface area contributed by atoms with E-state index in [1.807, 2.05) is 27.7 Å². The van der Waals surface area contributed by atoms with Crippen LogP contribution < -0.4 is 0 Å². The summed E-state index contributed by atoms with van der Waals surface area (Å²) in [6.45, 7) is 8.44. The van der Waals surface area contributed by atoms with Gasteiger partial charge in [-0.15, -0.1) is 0 Å². The highest BCUT2D eigenvalue weighted by atomic mass is 16.6. The average Bonchev–Trinajstić information content (AvgIpc) is 2.30. The maximum absolute atomic E-state index is 11.5. The smallest absolute Gasteiger partial charge is 0.412 e. The maximum Gasteiger partial charge on any atom is 0.412 e. The van der Waals surface area contributed by atoms with Crippen molar-refractivity contribution in [1.82, 2.24) is 4.90 Å². The van der Waals surface area contributed by atoms with Crippen LogP contribution in [0.1, 0.15) is 27.7 Å². The number of hydrogen-bond acceptors (Lipinski definition) is 3. The first-order chi connectivity index (χ1) is 5.90. The van der Waals surface area contributed by atoms with Crippen LogP contribution in [-0.2, 0) is 9.47 Å². The molecule has 4 nitrogen and oxygen atoms in total. The monoisotopic (exact) mass is 187 g/mol. The van der Waals surface area contributed by atoms with E-state index in [0.29, 0.717) is 13.3 Å². The zero-order valence-corrected chi connectivity index (χ0v) is 8.66. The van der Waals surface area contributed by atoms with Gasteiger partial charge < -0.3 is 9.47 Å². The quantitative estimate of drug-likeness (QED) is 0.578. The molecule has 0 aromatic carbocycles. The van der Waals surface area contributed by atoms with Crippen molar-refractivity contribution >= 4 is 6.09 Å². The Labute approximate surface area is 78.8 Å². The van der Waals surface area contributed by atoms with Gasteiger partial charge in [-0.25, -0.2) is 4.79 Å². The topological polar surface area (TPSA) is 38.8 Å². The Morgan fingerprint density at radius 1 is 1.54 bits per heavy atom. The van der Waals surface area contributed by atoms with Crippen LogP contribution in [0.2, 0.25) is 0 Å². The molecule has 0 aliphatic carbocycles. The molecule has 1 saturated heterocycles. The first kappa shape index (κ1) is 10.3. The van der Waals surface area contributed by atoms with Gasteiger partial charge in [0, 0.05) is 0 Å². The number of carbonyl (C=O) groups is 1. The van der Waals surface area contributed by atoms with Gasteiger partial charge in [0.05, 0.1) is 12.6 Å². The number of hydrogen-bond donors (Lipinski definition) is 0. The van der Waals surface area contributed by atoms with Crippen LogP contribution in [0, 0.1) is 0 Å². The molecule has 1 rings (SSSR count). The molecule has 1 aliphatic heterocycles. The summed E-state index contributed by atoms with van der Waals surface area (Å²) in [5.74, 6) is 0. The zero-order valence-electron chi connectivity index (χ0n) is 8.66. The van der Waals surface area contributed by atoms with Gasteiger partial charge in [0.1, 0.15) is 12.3 Å². The molecule has 4 heteroatoms. The molecule has 76 valence electrons. The van der Waals surface area contributed by atoms with Crippen LogP contribution in [0.4, 0.5) is 4.79 Å². The van der Waals surface area contributed by atoms with E-state index in [2.05, 4.69) is 0 Å². The molecule has 1 amide bonds. The molecule has 1 fully saturated rings. The van der Waals surface area contributed by atoms with Crippen LogP contribution >= 0.6 is 0 Å². The van der Waals surface area contributed by atoms with Gasteiger partial charge >= 0.3 is 6.09 Å². The first-order valence-corrected chi connectivity index (χ1v) is 4.47. The predicted molar refractivity (Wildman–Crippen MR) is 48.4 cm³/mol. The minimum Gasteiger partial charge on any atom is -0.444 e. The van der Waals surface area contributed by atoms with Crippen LogP contribution in [0.5, 0.6) is 0 Å². The van der Waals surface area contributed by atoms with E-state index in [9.17, 15) is 4.79 Å². The minimum absolute atomic E-state index is 0.120. The second-order valence-electron chi connectivity index (χ2n) is 4.30. The van der Waals surface area contributed by atoms with Crippen molar-refractivity contribution in [2.45, 2.75) is 39.3 Å². The van der Waals surface area contributed by atoms with Gasteiger partial charge in [0.25, 0.3) is 0 Å². The Hall–Kier alpha value is -0.770. The zero-order chi connectivity index (χ0) is 10.1. The highest BCUT2D eigenvalue weighted by Crippen LogP contribution is 2.15. The standard InChI is InChI=1S/C9H17NO3/c1-7-5-12-6-10(7)8(11)13-9(2,3)4/h7H,5-6H2,1-4H3. The lowest BCUT2D eigenvalue weighted by atomic mass is 10.2. The first-order valence-electron chi connectivity index (χ1n) is 4.47. The molecule has 1 atom stereocenters. The normalized spacial score (nSPS) is 23.4. The van der Waals surface area contributed by atoms with E-state index >= 15 is 0 Å². The molecule has 1 aliphatic rings. The molecule has 13 heavy (non-hydrogen) atoms. The molecule has 0 saturated carbocycles. The van der Waals surface area contributed by atoms with Crippen molar-refractivity contribution in [3.05, 3.63) is 0 Å². The maximum atomic E-state index is 11.5. The summed E-state index contributed by atoms with van der Waals surface area (Å²) in [4.78, 5) is 13.1. The van der Waals surface area contributed by atoms with Gasteiger partial charge in [0.15, 0.2) is 0 Å². The van der Waals surface area contributed by atoms with E-state index in [1.54, 1.807) is 4.90 Å². The third-order valence-corrected chi connectivity index (χ3v) is 1.75. The molecule has 0 radical (unpaired) electrons. The van der Waals surface area contributed by atoms with E-state index in [1.165, 1.54) is 0 Å². The summed E-state index contributed by atoms with van der Waals surface area (Å²) in [6, 6.07) is 0.120. The SMILES string of the molecule is CC1COCN1C(=O)OC(C)(C)C. The minimum atomic E-state index is -0.431. The Kier molecular flexibility index (Phi) is 2.81. The van der Waals surface area contributed by atoms with Crippen molar-refractivity contribution < 1.29 is 14.3 Å². The lowest BCUT2D eigenvalue weighted by Gasteiger charge is -2.25. The van der Waals surface area contributed by atoms with Crippen molar-refractivity contribution in [2.24, 2.45) is 0 Å². The molecule has 1 heterocycles. The van der Waals surface area contributed by atoms with E-state index < -0.39 is 5.60 Å². The van der Waals surface area contributed by atoms with Gasteiger partial charge in [-0.3, -0.25) is 4.90 Å². The molecule has 1 unspecified atom stereocenters. The van der Waals surface area contributed by atoms with E-state index in [-0.39, 0.29) is 12.1 Å². The van der Waals surface area contributed by atoms with E-state index in [0.717, 1.165) is 0 Å². The summed E-state index contributed by atoms with van der Waals surface area (Å²) in [5.41, 5.74) is -0.431. The van der Waals surface area contributed by atoms with Gasteiger partial charge in [-0.05, 0) is 27.7 Å². The third-order valence-electron chi connectivity index (χ3n) is 1.75. The Bertz CT molecular complexity index is 198. The molecular formula is C9H17NO3. The third kappa shape index (κ3) is 2.88. The second kappa shape index (κ2) is 3.54. The molecule has 0 bridgehead atoms. The summed E-state index contributed by atoms with van der Waals surface area (Å²) in [6.07, 6.45) is -0.294. The summed E-state index contributed by atoms with van der Waals surface area (Å²) in [5, 5.41) is 0. The van der Waals surface area contributed by atoms with Crippen molar-refractivity contribution in [3.63, 3.8) is 0 Å². The Balaban J connectivity index is 2.48. The molecule has 0 N–H and O–H groups in total. The Morgan fingerprint density at radius 2 is 2.15 bits per heavy atom. The van der Waals surface area contributed by atoms with Crippen LogP contribution in [0.3, 0.4) is 0 Å². The highest BCUT2D eigenvalue weighted by Gasteiger charge is 2.29. The van der Waals surface area contributed by atoms with Crippen LogP contribution in [0.25, 0.3) is 0 Å². The number of rotatable bonds is 0. The lowest BCUT2D eigenvalue weighted by Crippen LogP contribution is -2.39. The molecule has 0 spiro atoms. The number of carbonyl (C=O) groups excluding carboxylic acids is 1. The molecule has 0 aromatic heterocycles. The molecule has 0 aromatic rings. The van der Waals surface area contributed by atoms with Gasteiger partial charge in [-0.2, -0.15) is 0 Å². The van der Waals surface area contributed by atoms with Gasteiger partial charge in [-0.1, -0.05) is 0 Å². The van der Waals surface area contributed by atoms with Crippen LogP contribution in [0.15, 0.2) is 0 Å². The average molecular weight is 187 g/mol. The molecular weight excluding hydrogens is 170 g/mol. The fourth-order valence-corrected chi connectivity index (χ4v) is 1.09. The van der Waals surface area contributed by atoms with Crippen molar-refractivity contribution in [1.29, 1.82) is 0 Å². The fraction of sp³-hybridized carbons (Fsp3) is 0.889. The van der Waals surface area contributed by atoms with Crippen molar-refractivity contribution in [2.75, 3.05) is 13.3 Å². The summed E-state index contributed by atoms with van der Waals surface area (Å²) in [7, 11) is 0. The lowest BCUT2D eigenvalue weighted by molar-refractivity contribution is 0.0167. The summed E-state index contributed by atoms with van der Waals surface area (Å²) < 4.78 is 10.3. The van der Waals surface area contributed by atoms with Gasteiger partial charge in [0.2, 0.25) is 0 Å². The number of amides is 1. The largest absolute Gasteiger partial charge is 0.444 e. The second-order valence-corrected chi connectivity index (χ2v) is 4.30. The number of nitrogens with zero attached hydrogens (tertiary/aromatic N) is 1. The number of ether oxygens (including phenoxy) is 2. The van der Waals surface area contributed by atoms with Crippen LogP contribution in [-0.4, -0.2) is 36.0 Å². The predicted octanol–water partition coefficient (Wildman–Crippen LogP) is 1.60. The highest BCUT2D eigenvalue weighted by molar-refractivity contribution is 5.68. The van der Waals surface area contributed by atoms with Crippen molar-refractivity contribution in [3.8, 4) is 0 Å². The van der Waals surface area contributed by atoms with E-state index in [4.69, 9.17) is 9.47 Å². The fourth-order valence-electron chi connectivity index (χ4n) is 1.09. The Morgan fingerprint density at radius 3 is 2.54 bits per heavy atom. The summed E-state index contributed by atoms with van der Waals surface area (Å²) >= 11 is 0.